The Bertz CT molecular complexity index is 150. The van der Waals surface area contributed by atoms with Crippen molar-refractivity contribution in [1.29, 1.82) is 0 Å². The highest BCUT2D eigenvalue weighted by molar-refractivity contribution is 4.74. The van der Waals surface area contributed by atoms with Crippen LogP contribution in [0.15, 0.2) is 10.4 Å². The fraction of sp³-hybridized carbons (Fsp3) is 1.00. The molecule has 50 valence electrons. The lowest BCUT2D eigenvalue weighted by atomic mass is 10.0. The molecule has 1 aliphatic rings. The van der Waals surface area contributed by atoms with E-state index in [1.165, 1.54) is 0 Å². The maximum Gasteiger partial charge on any atom is 0.358 e. The Morgan fingerprint density at radius 2 is 2.56 bits per heavy atom. The lowest BCUT2D eigenvalue weighted by molar-refractivity contribution is -0.0524. The lowest BCUT2D eigenvalue weighted by Gasteiger charge is -2.17. The van der Waals surface area contributed by atoms with E-state index in [0.717, 1.165) is 6.42 Å². The molecule has 0 aromatic heterocycles. The molecule has 0 saturated heterocycles. The summed E-state index contributed by atoms with van der Waals surface area (Å²) in [6, 6.07) is 0. The lowest BCUT2D eigenvalue weighted by Crippen LogP contribution is -2.31. The van der Waals surface area contributed by atoms with Crippen molar-refractivity contribution in [2.75, 3.05) is 6.54 Å². The Balaban J connectivity index is 2.58. The van der Waals surface area contributed by atoms with Gasteiger partial charge >= 0.3 is 5.28 Å². The van der Waals surface area contributed by atoms with E-state index in [2.05, 4.69) is 15.3 Å². The van der Waals surface area contributed by atoms with Crippen LogP contribution in [0.3, 0.4) is 0 Å². The second-order valence-electron chi connectivity index (χ2n) is 2.37. The molecule has 0 spiro atoms. The minimum Gasteiger partial charge on any atom is -0.324 e. The van der Waals surface area contributed by atoms with Crippen LogP contribution in [0.25, 0.3) is 0 Å². The number of hydrogen-bond acceptors (Lipinski definition) is 3. The van der Waals surface area contributed by atoms with E-state index in [4.69, 9.17) is 4.84 Å². The predicted octanol–water partition coefficient (Wildman–Crippen LogP) is 1.07. The molecule has 0 aliphatic carbocycles. The summed E-state index contributed by atoms with van der Waals surface area (Å²) >= 11 is 0. The topological polar surface area (TPSA) is 48.0 Å². The van der Waals surface area contributed by atoms with Gasteiger partial charge in [0.15, 0.2) is 12.1 Å². The molecule has 0 N–H and O–H groups in total. The van der Waals surface area contributed by atoms with Crippen LogP contribution >= 0.6 is 0 Å². The highest BCUT2D eigenvalue weighted by Gasteiger charge is 2.30. The Morgan fingerprint density at radius 3 is 2.89 bits per heavy atom. The molecule has 9 heavy (non-hydrogen) atoms. The van der Waals surface area contributed by atoms with Crippen molar-refractivity contribution >= 4 is 0 Å². The Hall–Kier alpha value is -0.890. The number of nitrogens with zero attached hydrogens (tertiary/aromatic N) is 3. The van der Waals surface area contributed by atoms with Gasteiger partial charge in [-0.2, -0.15) is 0 Å². The number of hydrogen-bond donors (Lipinski definition) is 0. The summed E-state index contributed by atoms with van der Waals surface area (Å²) in [6.45, 7) is 4.62. The molecule has 0 fully saturated rings. The first-order valence-electron chi connectivity index (χ1n) is 3.02. The summed E-state index contributed by atoms with van der Waals surface area (Å²) in [5, 5.41) is 7.09. The van der Waals surface area contributed by atoms with Crippen LogP contribution in [0.4, 0.5) is 0 Å². The van der Waals surface area contributed by atoms with Gasteiger partial charge in [0.1, 0.15) is 5.11 Å². The molecule has 1 unspecified atom stereocenters. The van der Waals surface area contributed by atoms with E-state index >= 15 is 0 Å². The largest absolute Gasteiger partial charge is 0.358 e. The van der Waals surface area contributed by atoms with Crippen LogP contribution in [0, 0.1) is 0 Å². The molecular weight excluding hydrogens is 118 g/mol. The first-order valence-corrected chi connectivity index (χ1v) is 3.02. The van der Waals surface area contributed by atoms with Gasteiger partial charge in [-0.25, -0.2) is 0 Å². The maximum absolute atomic E-state index is 4.98. The van der Waals surface area contributed by atoms with Crippen molar-refractivity contribution in [3.8, 4) is 0 Å². The van der Waals surface area contributed by atoms with Crippen molar-refractivity contribution in [3.05, 3.63) is 0 Å². The van der Waals surface area contributed by atoms with Crippen molar-refractivity contribution in [2.24, 2.45) is 10.4 Å². The fourth-order valence-electron chi connectivity index (χ4n) is 0.529. The molecule has 0 radical (unpaired) electrons. The molecule has 0 saturated carbocycles. The average molecular weight is 128 g/mol. The predicted molar refractivity (Wildman–Crippen MR) is 31.6 cm³/mol. The summed E-state index contributed by atoms with van der Waals surface area (Å²) in [4.78, 5) is 8.33. The van der Waals surface area contributed by atoms with E-state index in [1.54, 1.807) is 0 Å². The standard InChI is InChI=1S/C5H10N3O/c1-3-5(2)4-6-7-8-9-5/h3-4H2,1-2H3/q+1. The van der Waals surface area contributed by atoms with Gasteiger partial charge in [0.2, 0.25) is 0 Å². The maximum atomic E-state index is 4.98. The van der Waals surface area contributed by atoms with Crippen molar-refractivity contribution in [2.45, 2.75) is 25.9 Å². The quantitative estimate of drug-likeness (QED) is 0.487. The first-order chi connectivity index (χ1) is 4.27. The monoisotopic (exact) mass is 128 g/mol. The smallest absolute Gasteiger partial charge is 0.324 e. The molecule has 0 aromatic carbocycles. The van der Waals surface area contributed by atoms with Gasteiger partial charge in [-0.3, -0.25) is 0 Å². The zero-order valence-electron chi connectivity index (χ0n) is 5.66. The third-order valence-corrected chi connectivity index (χ3v) is 1.51. The normalized spacial score (nSPS) is 32.2. The molecule has 0 amide bonds. The van der Waals surface area contributed by atoms with Crippen LogP contribution in [0.2, 0.25) is 0 Å². The Kier molecular flexibility index (Phi) is 1.49. The summed E-state index contributed by atoms with van der Waals surface area (Å²) in [5.74, 6) is 0. The minimum atomic E-state index is -0.207. The number of rotatable bonds is 1. The van der Waals surface area contributed by atoms with E-state index in [9.17, 15) is 0 Å². The Morgan fingerprint density at radius 1 is 1.78 bits per heavy atom. The molecule has 1 heterocycles. The van der Waals surface area contributed by atoms with Gasteiger partial charge in [-0.1, -0.05) is 6.92 Å². The highest BCUT2D eigenvalue weighted by atomic mass is 16.7. The molecule has 0 aromatic rings. The zero-order chi connectivity index (χ0) is 6.74. The van der Waals surface area contributed by atoms with E-state index in [1.807, 2.05) is 13.8 Å². The highest BCUT2D eigenvalue weighted by Crippen LogP contribution is 2.16. The first kappa shape index (κ1) is 6.23. The third-order valence-electron chi connectivity index (χ3n) is 1.51. The second-order valence-corrected chi connectivity index (χ2v) is 2.37. The Labute approximate surface area is 53.6 Å². The van der Waals surface area contributed by atoms with Crippen LogP contribution in [-0.2, 0) is 4.84 Å². The van der Waals surface area contributed by atoms with Crippen LogP contribution in [0.1, 0.15) is 20.3 Å². The third kappa shape index (κ3) is 1.27. The van der Waals surface area contributed by atoms with Crippen LogP contribution in [-0.4, -0.2) is 12.1 Å². The summed E-state index contributed by atoms with van der Waals surface area (Å²) in [5.41, 5.74) is -0.207. The van der Waals surface area contributed by atoms with Crippen LogP contribution < -0.4 is 4.91 Å². The van der Waals surface area contributed by atoms with E-state index in [-0.39, 0.29) is 5.60 Å². The van der Waals surface area contributed by atoms with Gasteiger partial charge in [-0.15, -0.1) is 0 Å². The molecule has 4 nitrogen and oxygen atoms in total. The van der Waals surface area contributed by atoms with Crippen molar-refractivity contribution in [1.82, 2.24) is 4.91 Å². The zero-order valence-corrected chi connectivity index (χ0v) is 5.66. The second kappa shape index (κ2) is 2.15. The molecular formula is C5H10N3O+. The summed E-state index contributed by atoms with van der Waals surface area (Å²) in [7, 11) is 0. The SMILES string of the molecule is CCC1(C)CN=[N+]=NO1. The molecule has 1 atom stereocenters. The molecule has 1 rings (SSSR count). The molecule has 4 heteroatoms. The van der Waals surface area contributed by atoms with E-state index in [0.29, 0.717) is 6.54 Å². The van der Waals surface area contributed by atoms with Gasteiger partial charge in [0.25, 0.3) is 4.91 Å². The summed E-state index contributed by atoms with van der Waals surface area (Å²) < 4.78 is 0. The van der Waals surface area contributed by atoms with Gasteiger partial charge in [-0.05, 0) is 13.3 Å². The van der Waals surface area contributed by atoms with Crippen LogP contribution in [0.5, 0.6) is 0 Å². The van der Waals surface area contributed by atoms with Crippen molar-refractivity contribution < 1.29 is 4.84 Å². The van der Waals surface area contributed by atoms with Gasteiger partial charge in [0.05, 0.1) is 0 Å². The molecule has 1 aliphatic heterocycles. The fourth-order valence-corrected chi connectivity index (χ4v) is 0.529. The average Bonchev–Trinajstić information content (AvgIpc) is 1.90. The van der Waals surface area contributed by atoms with Gasteiger partial charge < -0.3 is 4.84 Å². The van der Waals surface area contributed by atoms with E-state index < -0.39 is 0 Å². The van der Waals surface area contributed by atoms with Crippen molar-refractivity contribution in [3.63, 3.8) is 0 Å². The summed E-state index contributed by atoms with van der Waals surface area (Å²) in [6.07, 6.45) is 0.912. The van der Waals surface area contributed by atoms with Gasteiger partial charge in [0, 0.05) is 0 Å². The minimum absolute atomic E-state index is 0.207. The molecule has 0 bridgehead atoms.